The van der Waals surface area contributed by atoms with Crippen LogP contribution in [0.4, 0.5) is 0 Å². The van der Waals surface area contributed by atoms with Crippen LogP contribution in [0.1, 0.15) is 40.5 Å². The maximum absolute atomic E-state index is 5.33. The second-order valence-corrected chi connectivity index (χ2v) is 5.14. The summed E-state index contributed by atoms with van der Waals surface area (Å²) in [5.74, 6) is 0.937. The van der Waals surface area contributed by atoms with E-state index in [-0.39, 0.29) is 11.0 Å². The zero-order valence-electron chi connectivity index (χ0n) is 9.77. The molecule has 14 heavy (non-hydrogen) atoms. The Morgan fingerprint density at radius 2 is 1.71 bits per heavy atom. The van der Waals surface area contributed by atoms with Gasteiger partial charge in [-0.2, -0.15) is 0 Å². The Bertz CT molecular complexity index is 342. The number of nitrogens with zero attached hydrogens (tertiary/aromatic N) is 1. The number of hydrogen-bond donors (Lipinski definition) is 0. The molecule has 0 bridgehead atoms. The van der Waals surface area contributed by atoms with Crippen molar-refractivity contribution in [3.05, 3.63) is 11.1 Å². The van der Waals surface area contributed by atoms with Gasteiger partial charge in [-0.05, 0) is 40.5 Å². The van der Waals surface area contributed by atoms with Gasteiger partial charge in [0.2, 0.25) is 0 Å². The molecule has 0 N–H and O–H groups in total. The van der Waals surface area contributed by atoms with Gasteiger partial charge >= 0.3 is 0 Å². The smallest absolute Gasteiger partial charge is 0.192 e. The minimum atomic E-state index is 0.0853. The van der Waals surface area contributed by atoms with Crippen LogP contribution in [0.5, 0.6) is 0 Å². The third kappa shape index (κ3) is 0.943. The highest BCUT2D eigenvalue weighted by atomic mass is 16.5. The van der Waals surface area contributed by atoms with E-state index >= 15 is 0 Å². The molecule has 2 atom stereocenters. The number of ether oxygens (including phenoxy) is 1. The third-order valence-electron chi connectivity index (χ3n) is 4.16. The molecule has 1 aliphatic carbocycles. The van der Waals surface area contributed by atoms with Crippen LogP contribution < -0.4 is 0 Å². The van der Waals surface area contributed by atoms with Gasteiger partial charge < -0.3 is 4.74 Å². The first-order chi connectivity index (χ1) is 6.43. The minimum Gasteiger partial charge on any atom is -0.484 e. The van der Waals surface area contributed by atoms with Gasteiger partial charge in [0.25, 0.3) is 0 Å². The van der Waals surface area contributed by atoms with Gasteiger partial charge in [-0.15, -0.1) is 0 Å². The third-order valence-corrected chi connectivity index (χ3v) is 4.16. The molecule has 0 aromatic rings. The largest absolute Gasteiger partial charge is 0.484 e. The number of allylic oxidation sites excluding steroid dienone is 1. The van der Waals surface area contributed by atoms with Crippen LogP contribution in [-0.2, 0) is 4.74 Å². The summed E-state index contributed by atoms with van der Waals surface area (Å²) in [5, 5.41) is 0. The van der Waals surface area contributed by atoms with E-state index in [0.29, 0.717) is 0 Å². The van der Waals surface area contributed by atoms with Crippen LogP contribution in [0.2, 0.25) is 0 Å². The van der Waals surface area contributed by atoms with Crippen LogP contribution in [0.3, 0.4) is 0 Å². The maximum atomic E-state index is 5.33. The first-order valence-corrected chi connectivity index (χ1v) is 5.22. The molecule has 0 fully saturated rings. The van der Waals surface area contributed by atoms with Gasteiger partial charge in [0.05, 0.1) is 18.1 Å². The van der Waals surface area contributed by atoms with E-state index in [9.17, 15) is 0 Å². The van der Waals surface area contributed by atoms with Crippen molar-refractivity contribution in [1.82, 2.24) is 0 Å². The van der Waals surface area contributed by atoms with Crippen molar-refractivity contribution < 1.29 is 4.74 Å². The van der Waals surface area contributed by atoms with Crippen molar-refractivity contribution in [2.45, 2.75) is 46.1 Å². The van der Waals surface area contributed by atoms with E-state index in [0.717, 1.165) is 18.7 Å². The molecule has 0 spiro atoms. The summed E-state index contributed by atoms with van der Waals surface area (Å²) in [6.45, 7) is 8.96. The SMILES string of the molecule is COC1=N[C@]2(C)CC(C)=C(C)C[C@]12C. The average Bonchev–Trinajstić information content (AvgIpc) is 2.11. The zero-order valence-corrected chi connectivity index (χ0v) is 9.77. The summed E-state index contributed by atoms with van der Waals surface area (Å²) in [4.78, 5) is 4.61. The summed E-state index contributed by atoms with van der Waals surface area (Å²) in [5.41, 5.74) is 3.24. The molecule has 2 rings (SSSR count). The lowest BCUT2D eigenvalue weighted by Crippen LogP contribution is -2.59. The lowest BCUT2D eigenvalue weighted by atomic mass is 9.58. The first-order valence-electron chi connectivity index (χ1n) is 5.22. The molecular weight excluding hydrogens is 174 g/mol. The standard InChI is InChI=1S/C12H19NO/c1-8-6-11(3)10(14-5)13-12(11,4)7-9(8)2/h6-7H2,1-5H3/t11-,12-/m1/s1. The molecule has 2 aliphatic rings. The molecule has 78 valence electrons. The van der Waals surface area contributed by atoms with Crippen molar-refractivity contribution in [1.29, 1.82) is 0 Å². The summed E-state index contributed by atoms with van der Waals surface area (Å²) in [6, 6.07) is 0. The van der Waals surface area contributed by atoms with Crippen molar-refractivity contribution in [2.24, 2.45) is 10.4 Å². The van der Waals surface area contributed by atoms with E-state index in [1.807, 2.05) is 0 Å². The summed E-state index contributed by atoms with van der Waals surface area (Å²) in [6.07, 6.45) is 2.18. The fourth-order valence-electron chi connectivity index (χ4n) is 2.77. The summed E-state index contributed by atoms with van der Waals surface area (Å²) >= 11 is 0. The Hall–Kier alpha value is -0.790. The zero-order chi connectivity index (χ0) is 10.6. The van der Waals surface area contributed by atoms with Crippen molar-refractivity contribution >= 4 is 5.90 Å². The van der Waals surface area contributed by atoms with Gasteiger partial charge in [-0.1, -0.05) is 11.1 Å². The number of rotatable bonds is 0. The van der Waals surface area contributed by atoms with Crippen LogP contribution in [0, 0.1) is 5.41 Å². The maximum Gasteiger partial charge on any atom is 0.192 e. The Kier molecular flexibility index (Phi) is 1.82. The molecule has 2 nitrogen and oxygen atoms in total. The molecule has 0 amide bonds. The molecule has 1 heterocycles. The molecule has 0 aromatic heterocycles. The fourth-order valence-corrected chi connectivity index (χ4v) is 2.77. The molecule has 1 aliphatic heterocycles. The van der Waals surface area contributed by atoms with E-state index in [1.54, 1.807) is 7.11 Å². The van der Waals surface area contributed by atoms with Gasteiger partial charge in [-0.3, -0.25) is 0 Å². The van der Waals surface area contributed by atoms with Crippen LogP contribution >= 0.6 is 0 Å². The van der Waals surface area contributed by atoms with Crippen molar-refractivity contribution in [3.8, 4) is 0 Å². The molecule has 0 saturated carbocycles. The highest BCUT2D eigenvalue weighted by Gasteiger charge is 2.58. The Morgan fingerprint density at radius 3 is 2.29 bits per heavy atom. The van der Waals surface area contributed by atoms with Crippen LogP contribution in [0.15, 0.2) is 16.1 Å². The quantitative estimate of drug-likeness (QED) is 0.542. The van der Waals surface area contributed by atoms with Gasteiger partial charge in [0.15, 0.2) is 5.90 Å². The second kappa shape index (κ2) is 2.62. The number of fused-ring (bicyclic) bond motifs is 1. The number of hydrogen-bond acceptors (Lipinski definition) is 2. The second-order valence-electron chi connectivity index (χ2n) is 5.14. The van der Waals surface area contributed by atoms with E-state index < -0.39 is 0 Å². The predicted molar refractivity (Wildman–Crippen MR) is 58.6 cm³/mol. The summed E-state index contributed by atoms with van der Waals surface area (Å²) in [7, 11) is 1.73. The normalized spacial score (nSPS) is 41.4. The van der Waals surface area contributed by atoms with Crippen molar-refractivity contribution in [3.63, 3.8) is 0 Å². The minimum absolute atomic E-state index is 0.0853. The lowest BCUT2D eigenvalue weighted by molar-refractivity contribution is 0.131. The Balaban J connectivity index is 2.38. The molecule has 0 radical (unpaired) electrons. The van der Waals surface area contributed by atoms with Gasteiger partial charge in [0, 0.05) is 0 Å². The predicted octanol–water partition coefficient (Wildman–Crippen LogP) is 2.94. The first kappa shape index (κ1) is 9.75. The number of aliphatic imine (C=N–C) groups is 1. The number of methoxy groups -OCH3 is 1. The van der Waals surface area contributed by atoms with Gasteiger partial charge in [-0.25, -0.2) is 4.99 Å². The Morgan fingerprint density at radius 1 is 1.14 bits per heavy atom. The van der Waals surface area contributed by atoms with Crippen LogP contribution in [-0.4, -0.2) is 18.5 Å². The highest BCUT2D eigenvalue weighted by molar-refractivity contribution is 5.90. The van der Waals surface area contributed by atoms with E-state index in [1.165, 1.54) is 11.1 Å². The molecular formula is C12H19NO. The average molecular weight is 193 g/mol. The molecule has 0 unspecified atom stereocenters. The molecule has 0 saturated heterocycles. The molecule has 0 aromatic carbocycles. The topological polar surface area (TPSA) is 21.6 Å². The Labute approximate surface area is 86.1 Å². The van der Waals surface area contributed by atoms with E-state index in [4.69, 9.17) is 4.74 Å². The van der Waals surface area contributed by atoms with E-state index in [2.05, 4.69) is 32.7 Å². The molecule has 2 heteroatoms. The summed E-state index contributed by atoms with van der Waals surface area (Å²) < 4.78 is 5.33. The lowest BCUT2D eigenvalue weighted by Gasteiger charge is -2.54. The fraction of sp³-hybridized carbons (Fsp3) is 0.750. The van der Waals surface area contributed by atoms with Gasteiger partial charge in [0.1, 0.15) is 0 Å². The monoisotopic (exact) mass is 193 g/mol. The van der Waals surface area contributed by atoms with Crippen LogP contribution in [0.25, 0.3) is 0 Å². The van der Waals surface area contributed by atoms with Crippen molar-refractivity contribution in [2.75, 3.05) is 7.11 Å². The highest BCUT2D eigenvalue weighted by Crippen LogP contribution is 2.55.